The summed E-state index contributed by atoms with van der Waals surface area (Å²) in [4.78, 5) is 6.37. The molecule has 3 heteroatoms. The lowest BCUT2D eigenvalue weighted by molar-refractivity contribution is 0.303. The summed E-state index contributed by atoms with van der Waals surface area (Å²) >= 11 is 0. The standard InChI is InChI=1S/C12H20N2O/c1-12(2,3)10-6-5-7-13-11(10)14(4)8-9-15/h5-7,15H,8-9H2,1-4H3. The second-order valence-corrected chi connectivity index (χ2v) is 4.77. The molecule has 0 fully saturated rings. The van der Waals surface area contributed by atoms with Crippen LogP contribution in [-0.4, -0.2) is 30.3 Å². The zero-order chi connectivity index (χ0) is 11.5. The van der Waals surface area contributed by atoms with Crippen LogP contribution in [0.15, 0.2) is 18.3 Å². The second kappa shape index (κ2) is 4.62. The number of likely N-dealkylation sites (N-methyl/N-ethyl adjacent to an activating group) is 1. The summed E-state index contributed by atoms with van der Waals surface area (Å²) < 4.78 is 0. The van der Waals surface area contributed by atoms with Crippen molar-refractivity contribution in [2.45, 2.75) is 26.2 Å². The molecule has 0 spiro atoms. The molecule has 84 valence electrons. The highest BCUT2D eigenvalue weighted by Crippen LogP contribution is 2.29. The Kier molecular flexibility index (Phi) is 3.69. The third-order valence-corrected chi connectivity index (χ3v) is 2.39. The van der Waals surface area contributed by atoms with Crippen LogP contribution >= 0.6 is 0 Å². The van der Waals surface area contributed by atoms with E-state index in [1.165, 1.54) is 5.56 Å². The summed E-state index contributed by atoms with van der Waals surface area (Å²) in [7, 11) is 1.95. The fourth-order valence-electron chi connectivity index (χ4n) is 1.54. The molecular formula is C12H20N2O. The summed E-state index contributed by atoms with van der Waals surface area (Å²) in [6.07, 6.45) is 1.79. The molecule has 0 atom stereocenters. The van der Waals surface area contributed by atoms with Crippen molar-refractivity contribution < 1.29 is 5.11 Å². The number of anilines is 1. The Labute approximate surface area is 91.8 Å². The van der Waals surface area contributed by atoms with E-state index < -0.39 is 0 Å². The summed E-state index contributed by atoms with van der Waals surface area (Å²) in [6.45, 7) is 7.26. The Hall–Kier alpha value is -1.09. The minimum absolute atomic E-state index is 0.0767. The van der Waals surface area contributed by atoms with Crippen LogP contribution in [-0.2, 0) is 5.41 Å². The van der Waals surface area contributed by atoms with Gasteiger partial charge in [0, 0.05) is 25.4 Å². The van der Waals surface area contributed by atoms with Crippen LogP contribution in [0.4, 0.5) is 5.82 Å². The minimum atomic E-state index is 0.0767. The Balaban J connectivity index is 3.06. The maximum Gasteiger partial charge on any atom is 0.132 e. The lowest BCUT2D eigenvalue weighted by atomic mass is 9.87. The Bertz CT molecular complexity index is 318. The van der Waals surface area contributed by atoms with E-state index in [0.717, 1.165) is 5.82 Å². The maximum absolute atomic E-state index is 8.92. The van der Waals surface area contributed by atoms with Gasteiger partial charge in [0.2, 0.25) is 0 Å². The zero-order valence-electron chi connectivity index (χ0n) is 9.99. The zero-order valence-corrected chi connectivity index (χ0v) is 9.99. The van der Waals surface area contributed by atoms with Crippen molar-refractivity contribution in [1.29, 1.82) is 0 Å². The van der Waals surface area contributed by atoms with Crippen LogP contribution in [0.5, 0.6) is 0 Å². The van der Waals surface area contributed by atoms with Crippen molar-refractivity contribution in [3.8, 4) is 0 Å². The molecule has 0 aromatic carbocycles. The maximum atomic E-state index is 8.92. The van der Waals surface area contributed by atoms with Gasteiger partial charge in [-0.2, -0.15) is 0 Å². The van der Waals surface area contributed by atoms with Crippen molar-refractivity contribution >= 4 is 5.82 Å². The molecule has 0 saturated carbocycles. The molecule has 0 radical (unpaired) electrons. The van der Waals surface area contributed by atoms with Gasteiger partial charge in [-0.05, 0) is 11.5 Å². The lowest BCUT2D eigenvalue weighted by Crippen LogP contribution is -2.26. The number of nitrogens with zero attached hydrogens (tertiary/aromatic N) is 2. The molecule has 1 heterocycles. The SMILES string of the molecule is CN(CCO)c1ncccc1C(C)(C)C. The van der Waals surface area contributed by atoms with E-state index in [1.54, 1.807) is 6.20 Å². The summed E-state index contributed by atoms with van der Waals surface area (Å²) in [5, 5.41) is 8.92. The van der Waals surface area contributed by atoms with E-state index in [1.807, 2.05) is 18.0 Å². The van der Waals surface area contributed by atoms with Gasteiger partial charge in [0.1, 0.15) is 5.82 Å². The minimum Gasteiger partial charge on any atom is -0.395 e. The van der Waals surface area contributed by atoms with Gasteiger partial charge in [-0.1, -0.05) is 26.8 Å². The van der Waals surface area contributed by atoms with Crippen molar-refractivity contribution in [2.24, 2.45) is 0 Å². The lowest BCUT2D eigenvalue weighted by Gasteiger charge is -2.27. The van der Waals surface area contributed by atoms with E-state index in [9.17, 15) is 0 Å². The van der Waals surface area contributed by atoms with Crippen LogP contribution in [0.1, 0.15) is 26.3 Å². The van der Waals surface area contributed by atoms with Crippen molar-refractivity contribution in [2.75, 3.05) is 25.1 Å². The Morgan fingerprint density at radius 1 is 1.40 bits per heavy atom. The fraction of sp³-hybridized carbons (Fsp3) is 0.583. The summed E-state index contributed by atoms with van der Waals surface area (Å²) in [5.74, 6) is 0.957. The molecule has 15 heavy (non-hydrogen) atoms. The number of rotatable bonds is 3. The van der Waals surface area contributed by atoms with Gasteiger partial charge in [-0.3, -0.25) is 0 Å². The summed E-state index contributed by atoms with van der Waals surface area (Å²) in [5.41, 5.74) is 1.29. The molecule has 0 saturated heterocycles. The first-order valence-corrected chi connectivity index (χ1v) is 5.24. The monoisotopic (exact) mass is 208 g/mol. The van der Waals surface area contributed by atoms with Gasteiger partial charge in [-0.15, -0.1) is 0 Å². The number of aliphatic hydroxyl groups is 1. The average Bonchev–Trinajstić information content (AvgIpc) is 2.17. The molecule has 3 nitrogen and oxygen atoms in total. The molecule has 1 aromatic rings. The molecule has 0 aliphatic carbocycles. The molecule has 1 N–H and O–H groups in total. The van der Waals surface area contributed by atoms with E-state index in [2.05, 4.69) is 31.8 Å². The highest BCUT2D eigenvalue weighted by molar-refractivity contribution is 5.49. The number of hydrogen-bond donors (Lipinski definition) is 1. The normalized spacial score (nSPS) is 11.5. The van der Waals surface area contributed by atoms with E-state index in [-0.39, 0.29) is 12.0 Å². The second-order valence-electron chi connectivity index (χ2n) is 4.77. The predicted molar refractivity (Wildman–Crippen MR) is 63.3 cm³/mol. The molecule has 0 aliphatic heterocycles. The first-order chi connectivity index (χ1) is 6.96. The Morgan fingerprint density at radius 3 is 2.60 bits per heavy atom. The fourth-order valence-corrected chi connectivity index (χ4v) is 1.54. The first-order valence-electron chi connectivity index (χ1n) is 5.24. The van der Waals surface area contributed by atoms with E-state index >= 15 is 0 Å². The smallest absolute Gasteiger partial charge is 0.132 e. The summed E-state index contributed by atoms with van der Waals surface area (Å²) in [6, 6.07) is 4.05. The number of pyridine rings is 1. The molecule has 1 rings (SSSR count). The first kappa shape index (κ1) is 12.0. The molecule has 0 amide bonds. The molecule has 0 bridgehead atoms. The average molecular weight is 208 g/mol. The third-order valence-electron chi connectivity index (χ3n) is 2.39. The third kappa shape index (κ3) is 2.93. The van der Waals surface area contributed by atoms with Gasteiger partial charge in [0.25, 0.3) is 0 Å². The van der Waals surface area contributed by atoms with Crippen LogP contribution in [0, 0.1) is 0 Å². The van der Waals surface area contributed by atoms with Crippen molar-refractivity contribution in [1.82, 2.24) is 4.98 Å². The molecular weight excluding hydrogens is 188 g/mol. The van der Waals surface area contributed by atoms with Gasteiger partial charge in [-0.25, -0.2) is 4.98 Å². The Morgan fingerprint density at radius 2 is 2.07 bits per heavy atom. The molecule has 0 unspecified atom stereocenters. The molecule has 1 aromatic heterocycles. The number of aromatic nitrogens is 1. The van der Waals surface area contributed by atoms with Gasteiger partial charge in [0.05, 0.1) is 6.61 Å². The van der Waals surface area contributed by atoms with Gasteiger partial charge >= 0.3 is 0 Å². The number of aliphatic hydroxyl groups excluding tert-OH is 1. The van der Waals surface area contributed by atoms with Crippen molar-refractivity contribution in [3.63, 3.8) is 0 Å². The molecule has 0 aliphatic rings. The van der Waals surface area contributed by atoms with Gasteiger partial charge in [0.15, 0.2) is 0 Å². The van der Waals surface area contributed by atoms with Crippen LogP contribution in [0.3, 0.4) is 0 Å². The van der Waals surface area contributed by atoms with Crippen LogP contribution < -0.4 is 4.90 Å². The van der Waals surface area contributed by atoms with Crippen molar-refractivity contribution in [3.05, 3.63) is 23.9 Å². The van der Waals surface area contributed by atoms with Crippen LogP contribution in [0.2, 0.25) is 0 Å². The largest absolute Gasteiger partial charge is 0.395 e. The van der Waals surface area contributed by atoms with Gasteiger partial charge < -0.3 is 10.0 Å². The highest BCUT2D eigenvalue weighted by Gasteiger charge is 2.20. The van der Waals surface area contributed by atoms with E-state index in [4.69, 9.17) is 5.11 Å². The quantitative estimate of drug-likeness (QED) is 0.823. The topological polar surface area (TPSA) is 36.4 Å². The van der Waals surface area contributed by atoms with Crippen LogP contribution in [0.25, 0.3) is 0 Å². The van der Waals surface area contributed by atoms with E-state index in [0.29, 0.717) is 6.54 Å². The number of hydrogen-bond acceptors (Lipinski definition) is 3. The highest BCUT2D eigenvalue weighted by atomic mass is 16.3. The predicted octanol–water partition coefficient (Wildman–Crippen LogP) is 1.81.